The van der Waals surface area contributed by atoms with Crippen molar-refractivity contribution < 1.29 is 28.3 Å². The predicted octanol–water partition coefficient (Wildman–Crippen LogP) is 4.15. The third kappa shape index (κ3) is 4.88. The average molecular weight is 405 g/mol. The molecule has 2 aromatic carbocycles. The summed E-state index contributed by atoms with van der Waals surface area (Å²) >= 11 is 0. The van der Waals surface area contributed by atoms with E-state index in [1.807, 2.05) is 0 Å². The van der Waals surface area contributed by atoms with E-state index in [1.165, 1.54) is 19.9 Å². The number of carbonyl (C=O) groups is 4. The Kier molecular flexibility index (Phi) is 6.22. The molecule has 0 fully saturated rings. The molecule has 0 aliphatic carbocycles. The standard InChI is InChI=1S/C23H19NO6/c1-14(25)16-7-9-17(10-8-16)20-11-12-21(30-20)23(28)29-13-22(27)24-19-6-4-3-5-18(19)15(2)26/h3-12H,13H2,1-2H3,(H,24,27). The molecule has 0 saturated heterocycles. The number of furan rings is 1. The summed E-state index contributed by atoms with van der Waals surface area (Å²) in [4.78, 5) is 47.2. The van der Waals surface area contributed by atoms with E-state index in [-0.39, 0.29) is 17.3 Å². The van der Waals surface area contributed by atoms with E-state index < -0.39 is 18.5 Å². The molecule has 7 heteroatoms. The zero-order valence-corrected chi connectivity index (χ0v) is 16.4. The number of nitrogens with one attached hydrogen (secondary N) is 1. The van der Waals surface area contributed by atoms with Crippen molar-refractivity contribution in [2.24, 2.45) is 0 Å². The van der Waals surface area contributed by atoms with Crippen molar-refractivity contribution in [2.75, 3.05) is 11.9 Å². The van der Waals surface area contributed by atoms with Gasteiger partial charge in [0.15, 0.2) is 18.2 Å². The zero-order valence-electron chi connectivity index (χ0n) is 16.4. The lowest BCUT2D eigenvalue weighted by molar-refractivity contribution is -0.119. The van der Waals surface area contributed by atoms with Crippen molar-refractivity contribution >= 4 is 29.1 Å². The highest BCUT2D eigenvalue weighted by Crippen LogP contribution is 2.23. The van der Waals surface area contributed by atoms with Crippen LogP contribution in [0.5, 0.6) is 0 Å². The van der Waals surface area contributed by atoms with E-state index in [1.54, 1.807) is 54.6 Å². The molecule has 3 aromatic rings. The quantitative estimate of drug-likeness (QED) is 0.468. The number of hydrogen-bond acceptors (Lipinski definition) is 6. The number of para-hydroxylation sites is 1. The normalized spacial score (nSPS) is 10.3. The molecule has 0 aliphatic heterocycles. The van der Waals surface area contributed by atoms with Gasteiger partial charge in [-0.05, 0) is 38.1 Å². The molecule has 1 heterocycles. The molecular formula is C23H19NO6. The first-order valence-corrected chi connectivity index (χ1v) is 9.13. The molecule has 1 N–H and O–H groups in total. The maximum absolute atomic E-state index is 12.2. The number of esters is 1. The smallest absolute Gasteiger partial charge is 0.374 e. The molecular weight excluding hydrogens is 386 g/mol. The predicted molar refractivity (Wildman–Crippen MR) is 110 cm³/mol. The molecule has 1 amide bonds. The Balaban J connectivity index is 1.60. The Morgan fingerprint density at radius 1 is 0.867 bits per heavy atom. The second-order valence-electron chi connectivity index (χ2n) is 6.52. The van der Waals surface area contributed by atoms with Gasteiger partial charge in [0, 0.05) is 16.7 Å². The van der Waals surface area contributed by atoms with Crippen LogP contribution in [-0.2, 0) is 9.53 Å². The van der Waals surface area contributed by atoms with Crippen LogP contribution in [0.1, 0.15) is 45.1 Å². The summed E-state index contributed by atoms with van der Waals surface area (Å²) in [5.41, 5.74) is 1.98. The van der Waals surface area contributed by atoms with Gasteiger partial charge in [0.25, 0.3) is 5.91 Å². The molecule has 7 nitrogen and oxygen atoms in total. The zero-order chi connectivity index (χ0) is 21.7. The van der Waals surface area contributed by atoms with E-state index in [0.29, 0.717) is 28.1 Å². The lowest BCUT2D eigenvalue weighted by atomic mass is 10.1. The minimum atomic E-state index is -0.795. The van der Waals surface area contributed by atoms with Gasteiger partial charge in [0.2, 0.25) is 5.76 Å². The van der Waals surface area contributed by atoms with Gasteiger partial charge in [0.1, 0.15) is 5.76 Å². The summed E-state index contributed by atoms with van der Waals surface area (Å²) < 4.78 is 10.5. The number of Topliss-reactive ketones (excluding diaryl/α,β-unsaturated/α-hetero) is 2. The second-order valence-corrected chi connectivity index (χ2v) is 6.52. The number of carbonyl (C=O) groups excluding carboxylic acids is 4. The average Bonchev–Trinajstić information content (AvgIpc) is 3.22. The van der Waals surface area contributed by atoms with Crippen LogP contribution in [0.25, 0.3) is 11.3 Å². The third-order valence-electron chi connectivity index (χ3n) is 4.30. The Morgan fingerprint density at radius 2 is 1.57 bits per heavy atom. The van der Waals surface area contributed by atoms with E-state index in [0.717, 1.165) is 0 Å². The molecule has 0 aliphatic rings. The first-order valence-electron chi connectivity index (χ1n) is 9.13. The highest BCUT2D eigenvalue weighted by molar-refractivity contribution is 6.04. The van der Waals surface area contributed by atoms with Gasteiger partial charge in [-0.25, -0.2) is 4.79 Å². The van der Waals surface area contributed by atoms with E-state index in [2.05, 4.69) is 5.32 Å². The van der Waals surface area contributed by atoms with Gasteiger partial charge in [-0.2, -0.15) is 0 Å². The number of anilines is 1. The van der Waals surface area contributed by atoms with Gasteiger partial charge in [-0.15, -0.1) is 0 Å². The Labute approximate surface area is 172 Å². The molecule has 0 atom stereocenters. The number of hydrogen-bond donors (Lipinski definition) is 1. The fourth-order valence-corrected chi connectivity index (χ4v) is 2.76. The van der Waals surface area contributed by atoms with Crippen molar-refractivity contribution in [3.05, 3.63) is 77.6 Å². The second kappa shape index (κ2) is 9.00. The van der Waals surface area contributed by atoms with Gasteiger partial charge >= 0.3 is 5.97 Å². The summed E-state index contributed by atoms with van der Waals surface area (Å²) in [6, 6.07) is 16.4. The van der Waals surface area contributed by atoms with Gasteiger partial charge in [0.05, 0.1) is 5.69 Å². The van der Waals surface area contributed by atoms with Crippen molar-refractivity contribution in [3.8, 4) is 11.3 Å². The summed E-state index contributed by atoms with van der Waals surface area (Å²) in [7, 11) is 0. The highest BCUT2D eigenvalue weighted by atomic mass is 16.5. The Hall–Kier alpha value is -4.00. The molecule has 152 valence electrons. The Bertz CT molecular complexity index is 1110. The molecule has 0 spiro atoms. The first kappa shape index (κ1) is 20.7. The van der Waals surface area contributed by atoms with Crippen LogP contribution in [0.15, 0.2) is 65.1 Å². The van der Waals surface area contributed by atoms with Crippen molar-refractivity contribution in [1.29, 1.82) is 0 Å². The van der Waals surface area contributed by atoms with Crippen molar-refractivity contribution in [3.63, 3.8) is 0 Å². The van der Waals surface area contributed by atoms with Gasteiger partial charge in [-0.1, -0.05) is 36.4 Å². The van der Waals surface area contributed by atoms with Gasteiger partial charge < -0.3 is 14.5 Å². The molecule has 0 bridgehead atoms. The summed E-state index contributed by atoms with van der Waals surface area (Å²) in [5, 5.41) is 2.55. The SMILES string of the molecule is CC(=O)c1ccc(-c2ccc(C(=O)OCC(=O)Nc3ccccc3C(C)=O)o2)cc1. The van der Waals surface area contributed by atoms with E-state index in [4.69, 9.17) is 9.15 Å². The van der Waals surface area contributed by atoms with Crippen LogP contribution < -0.4 is 5.32 Å². The molecule has 0 unspecified atom stereocenters. The van der Waals surface area contributed by atoms with E-state index >= 15 is 0 Å². The number of amides is 1. The van der Waals surface area contributed by atoms with Crippen LogP contribution in [0.2, 0.25) is 0 Å². The van der Waals surface area contributed by atoms with Crippen LogP contribution in [0.3, 0.4) is 0 Å². The van der Waals surface area contributed by atoms with Crippen LogP contribution in [0, 0.1) is 0 Å². The number of ether oxygens (including phenoxy) is 1. The van der Waals surface area contributed by atoms with Crippen molar-refractivity contribution in [1.82, 2.24) is 0 Å². The fourth-order valence-electron chi connectivity index (χ4n) is 2.76. The van der Waals surface area contributed by atoms with Gasteiger partial charge in [-0.3, -0.25) is 14.4 Å². The summed E-state index contributed by atoms with van der Waals surface area (Å²) in [5.74, 6) is -1.24. The molecule has 30 heavy (non-hydrogen) atoms. The van der Waals surface area contributed by atoms with Crippen LogP contribution in [0.4, 0.5) is 5.69 Å². The monoisotopic (exact) mass is 405 g/mol. The minimum Gasteiger partial charge on any atom is -0.450 e. The number of rotatable bonds is 7. The maximum atomic E-state index is 12.2. The topological polar surface area (TPSA) is 103 Å². The lowest BCUT2D eigenvalue weighted by Gasteiger charge is -2.09. The summed E-state index contributed by atoms with van der Waals surface area (Å²) in [6.45, 7) is 2.34. The molecule has 3 rings (SSSR count). The maximum Gasteiger partial charge on any atom is 0.374 e. The fraction of sp³-hybridized carbons (Fsp3) is 0.130. The van der Waals surface area contributed by atoms with Crippen LogP contribution in [-0.4, -0.2) is 30.0 Å². The first-order chi connectivity index (χ1) is 14.3. The minimum absolute atomic E-state index is 0.0468. The largest absolute Gasteiger partial charge is 0.450 e. The third-order valence-corrected chi connectivity index (χ3v) is 4.30. The number of ketones is 2. The number of benzene rings is 2. The van der Waals surface area contributed by atoms with E-state index in [9.17, 15) is 19.2 Å². The van der Waals surface area contributed by atoms with Crippen LogP contribution >= 0.6 is 0 Å². The lowest BCUT2D eigenvalue weighted by Crippen LogP contribution is -2.21. The molecule has 0 radical (unpaired) electrons. The summed E-state index contributed by atoms with van der Waals surface area (Å²) in [6.07, 6.45) is 0. The highest BCUT2D eigenvalue weighted by Gasteiger charge is 2.16. The Morgan fingerprint density at radius 3 is 2.23 bits per heavy atom. The van der Waals surface area contributed by atoms with Crippen molar-refractivity contribution in [2.45, 2.75) is 13.8 Å². The molecule has 0 saturated carbocycles. The molecule has 1 aromatic heterocycles.